The van der Waals surface area contributed by atoms with Gasteiger partial charge in [0.15, 0.2) is 0 Å². The first-order valence-corrected chi connectivity index (χ1v) is 5.23. The van der Waals surface area contributed by atoms with Gasteiger partial charge in [0.25, 0.3) is 0 Å². The van der Waals surface area contributed by atoms with Crippen LogP contribution in [0.15, 0.2) is 6.33 Å². The number of aliphatic hydroxyl groups is 1. The highest BCUT2D eigenvalue weighted by atomic mass is 16.3. The predicted molar refractivity (Wildman–Crippen MR) is 56.2 cm³/mol. The first kappa shape index (κ1) is 10.9. The van der Waals surface area contributed by atoms with Crippen molar-refractivity contribution >= 4 is 11.9 Å². The summed E-state index contributed by atoms with van der Waals surface area (Å²) >= 11 is 0. The lowest BCUT2D eigenvalue weighted by Gasteiger charge is -2.31. The topological polar surface area (TPSA) is 106 Å². The van der Waals surface area contributed by atoms with Gasteiger partial charge in [-0.05, 0) is 18.8 Å². The molecule has 16 heavy (non-hydrogen) atoms. The van der Waals surface area contributed by atoms with E-state index in [9.17, 15) is 4.79 Å². The van der Waals surface area contributed by atoms with E-state index in [1.54, 1.807) is 0 Å². The Hall–Kier alpha value is -1.63. The predicted octanol–water partition coefficient (Wildman–Crippen LogP) is -1.25. The maximum absolute atomic E-state index is 11.4. The molecule has 1 aliphatic carbocycles. The van der Waals surface area contributed by atoms with Crippen LogP contribution in [0.3, 0.4) is 0 Å². The zero-order valence-corrected chi connectivity index (χ0v) is 8.83. The quantitative estimate of drug-likeness (QED) is 0.593. The average molecular weight is 225 g/mol. The molecule has 0 atom stereocenters. The fourth-order valence-corrected chi connectivity index (χ4v) is 1.71. The van der Waals surface area contributed by atoms with Crippen LogP contribution in [0.5, 0.6) is 0 Å². The van der Waals surface area contributed by atoms with E-state index in [1.165, 1.54) is 11.0 Å². The summed E-state index contributed by atoms with van der Waals surface area (Å²) < 4.78 is 1.39. The van der Waals surface area contributed by atoms with Gasteiger partial charge in [-0.25, -0.2) is 9.67 Å². The monoisotopic (exact) mass is 225 g/mol. The van der Waals surface area contributed by atoms with Crippen LogP contribution in [0.1, 0.15) is 12.8 Å². The van der Waals surface area contributed by atoms with E-state index in [0.29, 0.717) is 12.5 Å². The van der Waals surface area contributed by atoms with Crippen LogP contribution in [0.2, 0.25) is 0 Å². The molecule has 0 bridgehead atoms. The standard InChI is InChI=1S/C9H15N5O2/c10-9-12-5-14(13-9)4-8(16)11-3-6-1-7(15)2-6/h5-7,15H,1-4H2,(H2,10,13)(H,11,16). The summed E-state index contributed by atoms with van der Waals surface area (Å²) in [5, 5.41) is 15.7. The van der Waals surface area contributed by atoms with Crippen molar-refractivity contribution in [3.8, 4) is 0 Å². The molecule has 0 aliphatic heterocycles. The van der Waals surface area contributed by atoms with Gasteiger partial charge in [-0.3, -0.25) is 4.79 Å². The number of nitrogens with zero attached hydrogens (tertiary/aromatic N) is 3. The molecule has 1 aromatic rings. The molecule has 0 unspecified atom stereocenters. The largest absolute Gasteiger partial charge is 0.393 e. The van der Waals surface area contributed by atoms with Crippen molar-refractivity contribution in [2.45, 2.75) is 25.5 Å². The van der Waals surface area contributed by atoms with Crippen LogP contribution < -0.4 is 11.1 Å². The Morgan fingerprint density at radius 2 is 2.44 bits per heavy atom. The molecule has 1 aliphatic rings. The number of amides is 1. The molecular formula is C9H15N5O2. The first-order valence-electron chi connectivity index (χ1n) is 5.23. The van der Waals surface area contributed by atoms with Crippen molar-refractivity contribution in [3.05, 3.63) is 6.33 Å². The highest BCUT2D eigenvalue weighted by Crippen LogP contribution is 2.25. The molecule has 0 spiro atoms. The molecule has 7 heteroatoms. The minimum atomic E-state index is -0.183. The normalized spacial score (nSPS) is 23.8. The first-order chi connectivity index (χ1) is 7.63. The van der Waals surface area contributed by atoms with Crippen LogP contribution in [0.4, 0.5) is 5.95 Å². The number of nitrogens with one attached hydrogen (secondary N) is 1. The van der Waals surface area contributed by atoms with E-state index < -0.39 is 0 Å². The SMILES string of the molecule is Nc1ncn(CC(=O)NCC2CC(O)C2)n1. The van der Waals surface area contributed by atoms with Crippen molar-refractivity contribution in [1.29, 1.82) is 0 Å². The van der Waals surface area contributed by atoms with E-state index in [4.69, 9.17) is 10.8 Å². The fourth-order valence-electron chi connectivity index (χ4n) is 1.71. The summed E-state index contributed by atoms with van der Waals surface area (Å²) in [6.07, 6.45) is 2.78. The van der Waals surface area contributed by atoms with E-state index in [1.807, 2.05) is 0 Å². The van der Waals surface area contributed by atoms with E-state index >= 15 is 0 Å². The number of anilines is 1. The fraction of sp³-hybridized carbons (Fsp3) is 0.667. The smallest absolute Gasteiger partial charge is 0.241 e. The van der Waals surface area contributed by atoms with Gasteiger partial charge >= 0.3 is 0 Å². The minimum absolute atomic E-state index is 0.119. The highest BCUT2D eigenvalue weighted by Gasteiger charge is 2.27. The second-order valence-electron chi connectivity index (χ2n) is 4.10. The van der Waals surface area contributed by atoms with Crippen LogP contribution >= 0.6 is 0 Å². The molecule has 1 saturated carbocycles. The van der Waals surface area contributed by atoms with E-state index in [-0.39, 0.29) is 24.5 Å². The third-order valence-corrected chi connectivity index (χ3v) is 2.66. The Morgan fingerprint density at radius 3 is 3.00 bits per heavy atom. The number of hydrogen-bond donors (Lipinski definition) is 3. The second kappa shape index (κ2) is 4.48. The summed E-state index contributed by atoms with van der Waals surface area (Å²) in [6, 6.07) is 0. The number of carbonyl (C=O) groups excluding carboxylic acids is 1. The van der Waals surface area contributed by atoms with Gasteiger partial charge in [-0.15, -0.1) is 5.10 Å². The number of aliphatic hydroxyl groups excluding tert-OH is 1. The van der Waals surface area contributed by atoms with Crippen LogP contribution in [-0.2, 0) is 11.3 Å². The Labute approximate surface area is 92.7 Å². The molecule has 4 N–H and O–H groups in total. The third-order valence-electron chi connectivity index (χ3n) is 2.66. The van der Waals surface area contributed by atoms with Crippen LogP contribution in [0, 0.1) is 5.92 Å². The lowest BCUT2D eigenvalue weighted by Crippen LogP contribution is -2.39. The molecule has 0 saturated heterocycles. The molecule has 7 nitrogen and oxygen atoms in total. The summed E-state index contributed by atoms with van der Waals surface area (Å²) in [4.78, 5) is 15.2. The van der Waals surface area contributed by atoms with Gasteiger partial charge < -0.3 is 16.2 Å². The molecule has 1 heterocycles. The second-order valence-corrected chi connectivity index (χ2v) is 4.10. The van der Waals surface area contributed by atoms with Crippen molar-refractivity contribution in [2.75, 3.05) is 12.3 Å². The number of carbonyl (C=O) groups is 1. The number of aromatic nitrogens is 3. The Bertz CT molecular complexity index is 372. The molecule has 2 rings (SSSR count). The Kier molecular flexibility index (Phi) is 3.04. The van der Waals surface area contributed by atoms with Crippen molar-refractivity contribution in [2.24, 2.45) is 5.92 Å². The zero-order chi connectivity index (χ0) is 11.5. The average Bonchev–Trinajstić information content (AvgIpc) is 2.57. The highest BCUT2D eigenvalue weighted by molar-refractivity contribution is 5.75. The molecule has 0 radical (unpaired) electrons. The van der Waals surface area contributed by atoms with Gasteiger partial charge in [0.2, 0.25) is 11.9 Å². The number of rotatable bonds is 4. The summed E-state index contributed by atoms with van der Waals surface area (Å²) in [5.41, 5.74) is 5.32. The molecule has 1 fully saturated rings. The molecule has 1 amide bonds. The number of hydrogen-bond acceptors (Lipinski definition) is 5. The van der Waals surface area contributed by atoms with Crippen molar-refractivity contribution < 1.29 is 9.90 Å². The molecule has 0 aromatic carbocycles. The Morgan fingerprint density at radius 1 is 1.69 bits per heavy atom. The van der Waals surface area contributed by atoms with Crippen molar-refractivity contribution in [1.82, 2.24) is 20.1 Å². The summed E-state index contributed by atoms with van der Waals surface area (Å²) in [7, 11) is 0. The van der Waals surface area contributed by atoms with Gasteiger partial charge in [0.05, 0.1) is 6.10 Å². The summed E-state index contributed by atoms with van der Waals surface area (Å²) in [6.45, 7) is 0.736. The molecular weight excluding hydrogens is 210 g/mol. The molecule has 1 aromatic heterocycles. The van der Waals surface area contributed by atoms with Gasteiger partial charge in [0, 0.05) is 6.54 Å². The summed E-state index contributed by atoms with van der Waals surface area (Å²) in [5.74, 6) is 0.445. The Balaban J connectivity index is 1.68. The minimum Gasteiger partial charge on any atom is -0.393 e. The number of nitrogen functional groups attached to an aromatic ring is 1. The van der Waals surface area contributed by atoms with E-state index in [0.717, 1.165) is 12.8 Å². The lowest BCUT2D eigenvalue weighted by atomic mass is 9.82. The van der Waals surface area contributed by atoms with Gasteiger partial charge in [-0.1, -0.05) is 0 Å². The van der Waals surface area contributed by atoms with E-state index in [2.05, 4.69) is 15.4 Å². The molecule has 88 valence electrons. The zero-order valence-electron chi connectivity index (χ0n) is 8.83. The maximum Gasteiger partial charge on any atom is 0.241 e. The number of nitrogens with two attached hydrogens (primary N) is 1. The van der Waals surface area contributed by atoms with Crippen LogP contribution in [-0.4, -0.2) is 38.4 Å². The van der Waals surface area contributed by atoms with Crippen LogP contribution in [0.25, 0.3) is 0 Å². The van der Waals surface area contributed by atoms with Gasteiger partial charge in [-0.2, -0.15) is 0 Å². The lowest BCUT2D eigenvalue weighted by molar-refractivity contribution is -0.122. The van der Waals surface area contributed by atoms with Crippen molar-refractivity contribution in [3.63, 3.8) is 0 Å². The maximum atomic E-state index is 11.4. The third kappa shape index (κ3) is 2.69. The van der Waals surface area contributed by atoms with Gasteiger partial charge in [0.1, 0.15) is 12.9 Å².